The van der Waals surface area contributed by atoms with Crippen LogP contribution in [0.4, 0.5) is 17.2 Å². The standard InChI is InChI=1S/C21H22ClN5O4/c1-31-20-3-2-13(8-18(20)22)11-23-21-16-9-14(27(29)30)10-19(17(16)12-24-25-21)26-6-4-15(28)5-7-26/h2-3,8-10,12,15,28H,4-7,11H2,1H3,(H,23,25). The molecule has 1 aliphatic heterocycles. The molecule has 1 saturated heterocycles. The second kappa shape index (κ2) is 8.91. The van der Waals surface area contributed by atoms with E-state index in [0.717, 1.165) is 16.6 Å². The fourth-order valence-electron chi connectivity index (χ4n) is 3.76. The normalized spacial score (nSPS) is 14.6. The number of fused-ring (bicyclic) bond motifs is 1. The Kier molecular flexibility index (Phi) is 6.06. The number of ether oxygens (including phenoxy) is 1. The molecule has 0 bridgehead atoms. The van der Waals surface area contributed by atoms with Gasteiger partial charge in [-0.1, -0.05) is 17.7 Å². The Labute approximate surface area is 183 Å². The number of nitro groups is 1. The van der Waals surface area contributed by atoms with Crippen molar-refractivity contribution < 1.29 is 14.8 Å². The van der Waals surface area contributed by atoms with Crippen LogP contribution in [0.5, 0.6) is 5.75 Å². The second-order valence-electron chi connectivity index (χ2n) is 7.42. The highest BCUT2D eigenvalue weighted by Crippen LogP contribution is 2.36. The van der Waals surface area contributed by atoms with Gasteiger partial charge in [0, 0.05) is 42.5 Å². The fourth-order valence-corrected chi connectivity index (χ4v) is 4.04. The molecule has 0 atom stereocenters. The molecular weight excluding hydrogens is 422 g/mol. The molecule has 1 fully saturated rings. The monoisotopic (exact) mass is 443 g/mol. The number of non-ortho nitro benzene ring substituents is 1. The van der Waals surface area contributed by atoms with Crippen LogP contribution in [0.3, 0.4) is 0 Å². The largest absolute Gasteiger partial charge is 0.495 e. The highest BCUT2D eigenvalue weighted by atomic mass is 35.5. The number of nitrogens with one attached hydrogen (secondary N) is 1. The van der Waals surface area contributed by atoms with Crippen LogP contribution in [0.2, 0.25) is 5.02 Å². The number of anilines is 2. The van der Waals surface area contributed by atoms with Crippen molar-refractivity contribution in [1.82, 2.24) is 10.2 Å². The van der Waals surface area contributed by atoms with Gasteiger partial charge in [-0.05, 0) is 30.5 Å². The summed E-state index contributed by atoms with van der Waals surface area (Å²) in [5, 5.41) is 34.8. The lowest BCUT2D eigenvalue weighted by Crippen LogP contribution is -2.35. The number of nitrogens with zero attached hydrogens (tertiary/aromatic N) is 4. The van der Waals surface area contributed by atoms with E-state index in [4.69, 9.17) is 16.3 Å². The van der Waals surface area contributed by atoms with E-state index in [1.165, 1.54) is 6.07 Å². The highest BCUT2D eigenvalue weighted by Gasteiger charge is 2.23. The first-order valence-corrected chi connectivity index (χ1v) is 10.3. The lowest BCUT2D eigenvalue weighted by atomic mass is 10.0. The van der Waals surface area contributed by atoms with Crippen LogP contribution in [-0.2, 0) is 6.54 Å². The summed E-state index contributed by atoms with van der Waals surface area (Å²) in [6.45, 7) is 1.64. The molecule has 1 aliphatic rings. The van der Waals surface area contributed by atoms with Gasteiger partial charge in [0.1, 0.15) is 5.75 Å². The van der Waals surface area contributed by atoms with Gasteiger partial charge in [-0.2, -0.15) is 5.10 Å². The molecule has 3 aromatic rings. The Hall–Kier alpha value is -3.17. The van der Waals surface area contributed by atoms with Gasteiger partial charge in [0.25, 0.3) is 5.69 Å². The molecule has 162 valence electrons. The summed E-state index contributed by atoms with van der Waals surface area (Å²) in [5.41, 5.74) is 1.61. The molecule has 0 amide bonds. The molecule has 9 nitrogen and oxygen atoms in total. The van der Waals surface area contributed by atoms with E-state index in [9.17, 15) is 15.2 Å². The van der Waals surface area contributed by atoms with Crippen LogP contribution in [0.25, 0.3) is 10.8 Å². The van der Waals surface area contributed by atoms with Gasteiger partial charge in [-0.3, -0.25) is 10.1 Å². The lowest BCUT2D eigenvalue weighted by Gasteiger charge is -2.32. The van der Waals surface area contributed by atoms with Crippen molar-refractivity contribution in [2.75, 3.05) is 30.4 Å². The maximum absolute atomic E-state index is 11.6. The molecule has 10 heteroatoms. The molecule has 0 aliphatic carbocycles. The van der Waals surface area contributed by atoms with Crippen LogP contribution >= 0.6 is 11.6 Å². The number of hydrogen-bond donors (Lipinski definition) is 2. The molecular formula is C21H22ClN5O4. The maximum atomic E-state index is 11.6. The predicted molar refractivity (Wildman–Crippen MR) is 119 cm³/mol. The number of halogens is 1. The van der Waals surface area contributed by atoms with Crippen molar-refractivity contribution in [3.05, 3.63) is 57.2 Å². The van der Waals surface area contributed by atoms with Gasteiger partial charge in [0.15, 0.2) is 5.82 Å². The second-order valence-corrected chi connectivity index (χ2v) is 7.82. The molecule has 1 aromatic heterocycles. The van der Waals surface area contributed by atoms with E-state index in [2.05, 4.69) is 20.4 Å². The molecule has 0 saturated carbocycles. The minimum atomic E-state index is -0.408. The molecule has 2 heterocycles. The first-order valence-electron chi connectivity index (χ1n) is 9.89. The number of aliphatic hydroxyl groups is 1. The SMILES string of the molecule is COc1ccc(CNc2nncc3c(N4CCC(O)CC4)cc([N+](=O)[O-])cc23)cc1Cl. The first kappa shape index (κ1) is 21.1. The fraction of sp³-hybridized carbons (Fsp3) is 0.333. The zero-order chi connectivity index (χ0) is 22.0. The van der Waals surface area contributed by atoms with E-state index < -0.39 is 4.92 Å². The zero-order valence-electron chi connectivity index (χ0n) is 16.9. The molecule has 0 unspecified atom stereocenters. The van der Waals surface area contributed by atoms with Crippen molar-refractivity contribution in [1.29, 1.82) is 0 Å². The van der Waals surface area contributed by atoms with E-state index in [0.29, 0.717) is 54.5 Å². The minimum Gasteiger partial charge on any atom is -0.495 e. The third-order valence-corrected chi connectivity index (χ3v) is 5.73. The quantitative estimate of drug-likeness (QED) is 0.437. The van der Waals surface area contributed by atoms with Crippen molar-refractivity contribution in [2.24, 2.45) is 0 Å². The topological polar surface area (TPSA) is 114 Å². The smallest absolute Gasteiger partial charge is 0.272 e. The molecule has 2 aromatic carbocycles. The number of aromatic nitrogens is 2. The number of hydrogen-bond acceptors (Lipinski definition) is 8. The highest BCUT2D eigenvalue weighted by molar-refractivity contribution is 6.32. The summed E-state index contributed by atoms with van der Waals surface area (Å²) in [7, 11) is 1.55. The summed E-state index contributed by atoms with van der Waals surface area (Å²) in [6, 6.07) is 8.52. The van der Waals surface area contributed by atoms with Gasteiger partial charge >= 0.3 is 0 Å². The molecule has 0 spiro atoms. The average molecular weight is 444 g/mol. The Morgan fingerprint density at radius 3 is 2.74 bits per heavy atom. The van der Waals surface area contributed by atoms with E-state index in [-0.39, 0.29) is 11.8 Å². The average Bonchev–Trinajstić information content (AvgIpc) is 2.77. The van der Waals surface area contributed by atoms with Gasteiger partial charge < -0.3 is 20.1 Å². The maximum Gasteiger partial charge on any atom is 0.272 e. The number of methoxy groups -OCH3 is 1. The molecule has 0 radical (unpaired) electrons. The Balaban J connectivity index is 1.69. The minimum absolute atomic E-state index is 0.0165. The van der Waals surface area contributed by atoms with E-state index in [1.807, 2.05) is 6.07 Å². The summed E-state index contributed by atoms with van der Waals surface area (Å²) >= 11 is 6.20. The Morgan fingerprint density at radius 2 is 2.06 bits per heavy atom. The Bertz CT molecular complexity index is 1120. The van der Waals surface area contributed by atoms with Crippen molar-refractivity contribution in [3.63, 3.8) is 0 Å². The summed E-state index contributed by atoms with van der Waals surface area (Å²) in [5.74, 6) is 1.04. The van der Waals surface area contributed by atoms with Crippen LogP contribution in [0.15, 0.2) is 36.5 Å². The van der Waals surface area contributed by atoms with Crippen LogP contribution in [0, 0.1) is 10.1 Å². The number of rotatable bonds is 6. The van der Waals surface area contributed by atoms with Crippen LogP contribution in [0.1, 0.15) is 18.4 Å². The summed E-state index contributed by atoms with van der Waals surface area (Å²) in [4.78, 5) is 13.2. The van der Waals surface area contributed by atoms with Crippen molar-refractivity contribution in [2.45, 2.75) is 25.5 Å². The van der Waals surface area contributed by atoms with Gasteiger partial charge in [-0.25, -0.2) is 0 Å². The molecule has 31 heavy (non-hydrogen) atoms. The van der Waals surface area contributed by atoms with Gasteiger partial charge in [0.2, 0.25) is 0 Å². The van der Waals surface area contributed by atoms with E-state index >= 15 is 0 Å². The third kappa shape index (κ3) is 4.47. The first-order chi connectivity index (χ1) is 15.0. The van der Waals surface area contributed by atoms with Crippen molar-refractivity contribution in [3.8, 4) is 5.75 Å². The number of benzene rings is 2. The van der Waals surface area contributed by atoms with Crippen LogP contribution < -0.4 is 15.0 Å². The number of nitro benzene ring substituents is 1. The third-order valence-electron chi connectivity index (χ3n) is 5.43. The van der Waals surface area contributed by atoms with Crippen LogP contribution in [-0.4, -0.2) is 46.5 Å². The van der Waals surface area contributed by atoms with Gasteiger partial charge in [0.05, 0.1) is 35.0 Å². The Morgan fingerprint density at radius 1 is 1.29 bits per heavy atom. The molecule has 2 N–H and O–H groups in total. The molecule has 4 rings (SSSR count). The van der Waals surface area contributed by atoms with Crippen molar-refractivity contribution >= 4 is 39.6 Å². The summed E-state index contributed by atoms with van der Waals surface area (Å²) in [6.07, 6.45) is 2.52. The number of aliphatic hydroxyl groups excluding tert-OH is 1. The van der Waals surface area contributed by atoms with Gasteiger partial charge in [-0.15, -0.1) is 5.10 Å². The zero-order valence-corrected chi connectivity index (χ0v) is 17.7. The predicted octanol–water partition coefficient (Wildman–Crippen LogP) is 3.77. The number of piperidine rings is 1. The summed E-state index contributed by atoms with van der Waals surface area (Å²) < 4.78 is 5.17. The van der Waals surface area contributed by atoms with E-state index in [1.54, 1.807) is 31.5 Å². The lowest BCUT2D eigenvalue weighted by molar-refractivity contribution is -0.384.